The molecule has 0 saturated heterocycles. The van der Waals surface area contributed by atoms with Crippen molar-refractivity contribution in [3.05, 3.63) is 12.2 Å². The number of carbonyl (C=O) groups excluding carboxylic acids is 1. The van der Waals surface area contributed by atoms with Crippen molar-refractivity contribution in [2.45, 2.75) is 12.8 Å². The van der Waals surface area contributed by atoms with Crippen molar-refractivity contribution >= 4 is 18.5 Å². The SMILES string of the molecule is C=C(CCCS)C(N)=O. The molecule has 0 rings (SSSR count). The van der Waals surface area contributed by atoms with Gasteiger partial charge < -0.3 is 5.73 Å². The number of hydrogen-bond donors (Lipinski definition) is 2. The lowest BCUT2D eigenvalue weighted by molar-refractivity contribution is -0.114. The van der Waals surface area contributed by atoms with Crippen molar-refractivity contribution in [3.63, 3.8) is 0 Å². The summed E-state index contributed by atoms with van der Waals surface area (Å²) < 4.78 is 0. The Morgan fingerprint density at radius 1 is 1.67 bits per heavy atom. The molecule has 2 N–H and O–H groups in total. The number of hydrogen-bond acceptors (Lipinski definition) is 2. The summed E-state index contributed by atoms with van der Waals surface area (Å²) in [5.74, 6) is 0.364. The molecule has 0 spiro atoms. The predicted molar refractivity (Wildman–Crippen MR) is 41.4 cm³/mol. The molecule has 0 aromatic heterocycles. The third kappa shape index (κ3) is 4.09. The second kappa shape index (κ2) is 4.44. The highest BCUT2D eigenvalue weighted by Gasteiger charge is 1.98. The van der Waals surface area contributed by atoms with Crippen LogP contribution in [-0.4, -0.2) is 11.7 Å². The van der Waals surface area contributed by atoms with Crippen molar-refractivity contribution in [1.82, 2.24) is 0 Å². The number of carbonyl (C=O) groups is 1. The van der Waals surface area contributed by atoms with Crippen LogP contribution in [0.3, 0.4) is 0 Å². The molecule has 0 aliphatic heterocycles. The average molecular weight is 145 g/mol. The third-order valence-electron chi connectivity index (χ3n) is 0.985. The Hall–Kier alpha value is -0.440. The summed E-state index contributed by atoms with van der Waals surface area (Å²) in [6, 6.07) is 0. The van der Waals surface area contributed by atoms with Crippen molar-refractivity contribution in [2.75, 3.05) is 5.75 Å². The van der Waals surface area contributed by atoms with Crippen LogP contribution in [0.15, 0.2) is 12.2 Å². The fourth-order valence-electron chi connectivity index (χ4n) is 0.416. The standard InChI is InChI=1S/C6H11NOS/c1-5(6(7)8)3-2-4-9/h9H,1-4H2,(H2,7,8). The largest absolute Gasteiger partial charge is 0.366 e. The zero-order chi connectivity index (χ0) is 7.28. The van der Waals surface area contributed by atoms with E-state index in [-0.39, 0.29) is 0 Å². The summed E-state index contributed by atoms with van der Waals surface area (Å²) >= 11 is 3.97. The Morgan fingerprint density at radius 2 is 2.22 bits per heavy atom. The summed E-state index contributed by atoms with van der Waals surface area (Å²) in [5, 5.41) is 0. The maximum atomic E-state index is 10.3. The van der Waals surface area contributed by atoms with Gasteiger partial charge in [0.1, 0.15) is 0 Å². The van der Waals surface area contributed by atoms with E-state index >= 15 is 0 Å². The summed E-state index contributed by atoms with van der Waals surface area (Å²) in [4.78, 5) is 10.3. The van der Waals surface area contributed by atoms with E-state index in [1.54, 1.807) is 0 Å². The van der Waals surface area contributed by atoms with E-state index in [1.807, 2.05) is 0 Å². The Kier molecular flexibility index (Phi) is 4.22. The van der Waals surface area contributed by atoms with Gasteiger partial charge in [0.25, 0.3) is 0 Å². The first-order valence-corrected chi connectivity index (χ1v) is 3.40. The van der Waals surface area contributed by atoms with Gasteiger partial charge in [0.15, 0.2) is 0 Å². The van der Waals surface area contributed by atoms with E-state index in [1.165, 1.54) is 0 Å². The van der Waals surface area contributed by atoms with Gasteiger partial charge in [-0.05, 0) is 18.6 Å². The molecule has 2 nitrogen and oxygen atoms in total. The van der Waals surface area contributed by atoms with Crippen LogP contribution in [0.5, 0.6) is 0 Å². The second-order valence-electron chi connectivity index (χ2n) is 1.79. The highest BCUT2D eigenvalue weighted by atomic mass is 32.1. The monoisotopic (exact) mass is 145 g/mol. The van der Waals surface area contributed by atoms with Crippen LogP contribution < -0.4 is 5.73 Å². The molecule has 9 heavy (non-hydrogen) atoms. The van der Waals surface area contributed by atoms with E-state index in [0.29, 0.717) is 12.0 Å². The van der Waals surface area contributed by atoms with E-state index in [0.717, 1.165) is 12.2 Å². The van der Waals surface area contributed by atoms with Gasteiger partial charge in [-0.15, -0.1) is 0 Å². The van der Waals surface area contributed by atoms with Gasteiger partial charge in [0.05, 0.1) is 0 Å². The molecule has 0 radical (unpaired) electrons. The maximum absolute atomic E-state index is 10.3. The molecule has 0 bridgehead atoms. The van der Waals surface area contributed by atoms with Crippen LogP contribution in [0.4, 0.5) is 0 Å². The molecular weight excluding hydrogens is 134 g/mol. The van der Waals surface area contributed by atoms with Crippen LogP contribution in [0.25, 0.3) is 0 Å². The summed E-state index contributed by atoms with van der Waals surface area (Å²) in [7, 11) is 0. The minimum atomic E-state index is -0.406. The normalized spacial score (nSPS) is 9.00. The Bertz CT molecular complexity index is 122. The fourth-order valence-corrected chi connectivity index (χ4v) is 0.574. The van der Waals surface area contributed by atoms with Crippen LogP contribution in [0, 0.1) is 0 Å². The number of rotatable bonds is 4. The summed E-state index contributed by atoms with van der Waals surface area (Å²) in [5.41, 5.74) is 5.40. The molecule has 0 unspecified atom stereocenters. The lowest BCUT2D eigenvalue weighted by atomic mass is 10.2. The van der Waals surface area contributed by atoms with Gasteiger partial charge >= 0.3 is 0 Å². The molecular formula is C6H11NOS. The van der Waals surface area contributed by atoms with Gasteiger partial charge in [-0.2, -0.15) is 12.6 Å². The highest BCUT2D eigenvalue weighted by molar-refractivity contribution is 7.80. The lowest BCUT2D eigenvalue weighted by Gasteiger charge is -1.95. The van der Waals surface area contributed by atoms with Crippen LogP contribution in [-0.2, 0) is 4.79 Å². The molecule has 52 valence electrons. The highest BCUT2D eigenvalue weighted by Crippen LogP contribution is 2.01. The first-order valence-electron chi connectivity index (χ1n) is 2.77. The van der Waals surface area contributed by atoms with Gasteiger partial charge in [0.2, 0.25) is 5.91 Å². The topological polar surface area (TPSA) is 43.1 Å². The molecule has 0 aliphatic carbocycles. The van der Waals surface area contributed by atoms with Gasteiger partial charge in [0, 0.05) is 5.57 Å². The van der Waals surface area contributed by atoms with E-state index in [9.17, 15) is 4.79 Å². The van der Waals surface area contributed by atoms with Crippen LogP contribution in [0.2, 0.25) is 0 Å². The number of amides is 1. The minimum Gasteiger partial charge on any atom is -0.366 e. The number of thiol groups is 1. The Labute approximate surface area is 60.5 Å². The molecule has 0 saturated carbocycles. The second-order valence-corrected chi connectivity index (χ2v) is 2.24. The number of nitrogens with two attached hydrogens (primary N) is 1. The summed E-state index contributed by atoms with van der Waals surface area (Å²) in [6.07, 6.45) is 1.53. The van der Waals surface area contributed by atoms with E-state index in [2.05, 4.69) is 19.2 Å². The molecule has 0 fully saturated rings. The van der Waals surface area contributed by atoms with Crippen molar-refractivity contribution in [3.8, 4) is 0 Å². The average Bonchev–Trinajstić information content (AvgIpc) is 1.82. The number of primary amides is 1. The van der Waals surface area contributed by atoms with Crippen molar-refractivity contribution < 1.29 is 4.79 Å². The summed E-state index contributed by atoms with van der Waals surface area (Å²) in [6.45, 7) is 3.48. The first kappa shape index (κ1) is 8.56. The van der Waals surface area contributed by atoms with Gasteiger partial charge in [-0.3, -0.25) is 4.79 Å². The molecule has 0 atom stereocenters. The van der Waals surface area contributed by atoms with Crippen LogP contribution in [0.1, 0.15) is 12.8 Å². The zero-order valence-corrected chi connectivity index (χ0v) is 6.16. The minimum absolute atomic E-state index is 0.406. The van der Waals surface area contributed by atoms with Crippen molar-refractivity contribution in [1.29, 1.82) is 0 Å². The van der Waals surface area contributed by atoms with Gasteiger partial charge in [-0.25, -0.2) is 0 Å². The van der Waals surface area contributed by atoms with Crippen LogP contribution >= 0.6 is 12.6 Å². The fraction of sp³-hybridized carbons (Fsp3) is 0.500. The molecule has 0 aliphatic rings. The molecule has 0 aromatic carbocycles. The smallest absolute Gasteiger partial charge is 0.244 e. The van der Waals surface area contributed by atoms with E-state index in [4.69, 9.17) is 5.73 Å². The lowest BCUT2D eigenvalue weighted by Crippen LogP contribution is -2.12. The quantitative estimate of drug-likeness (QED) is 0.444. The zero-order valence-electron chi connectivity index (χ0n) is 5.26. The van der Waals surface area contributed by atoms with E-state index < -0.39 is 5.91 Å². The molecule has 0 heterocycles. The molecule has 1 amide bonds. The Balaban J connectivity index is 3.39. The third-order valence-corrected chi connectivity index (χ3v) is 1.30. The molecule has 0 aromatic rings. The predicted octanol–water partition coefficient (Wildman–Crippen LogP) is 0.738. The first-order chi connectivity index (χ1) is 4.18. The van der Waals surface area contributed by atoms with Crippen molar-refractivity contribution in [2.24, 2.45) is 5.73 Å². The molecule has 3 heteroatoms. The van der Waals surface area contributed by atoms with Gasteiger partial charge in [-0.1, -0.05) is 6.58 Å². The Morgan fingerprint density at radius 3 is 2.56 bits per heavy atom. The maximum Gasteiger partial charge on any atom is 0.244 e.